The maximum absolute atomic E-state index is 12.9. The van der Waals surface area contributed by atoms with Crippen molar-refractivity contribution in [3.8, 4) is 5.75 Å². The van der Waals surface area contributed by atoms with Gasteiger partial charge >= 0.3 is 0 Å². The number of rotatable bonds is 6. The van der Waals surface area contributed by atoms with Crippen LogP contribution in [-0.4, -0.2) is 47.9 Å². The molecule has 0 radical (unpaired) electrons. The lowest BCUT2D eigenvalue weighted by molar-refractivity contribution is -0.139. The van der Waals surface area contributed by atoms with Gasteiger partial charge in [0.2, 0.25) is 0 Å². The number of benzene rings is 1. The number of thioether (sulfide) groups is 1. The molecule has 1 amide bonds. The van der Waals surface area contributed by atoms with Gasteiger partial charge in [-0.05, 0) is 24.3 Å². The van der Waals surface area contributed by atoms with Crippen molar-refractivity contribution in [1.82, 2.24) is 9.88 Å². The summed E-state index contributed by atoms with van der Waals surface area (Å²) in [5, 5.41) is 0. The molecular weight excluding hydrogens is 324 g/mol. The lowest BCUT2D eigenvalue weighted by Crippen LogP contribution is -2.45. The average molecular weight is 344 g/mol. The Morgan fingerprint density at radius 2 is 2.17 bits per heavy atom. The molecule has 1 aromatic heterocycles. The van der Waals surface area contributed by atoms with Crippen molar-refractivity contribution in [2.45, 2.75) is 17.5 Å². The van der Waals surface area contributed by atoms with Crippen molar-refractivity contribution in [2.24, 2.45) is 0 Å². The van der Waals surface area contributed by atoms with Crippen LogP contribution in [0.4, 0.5) is 0 Å². The molecule has 5 nitrogen and oxygen atoms in total. The van der Waals surface area contributed by atoms with Gasteiger partial charge in [-0.3, -0.25) is 9.78 Å². The van der Waals surface area contributed by atoms with E-state index in [1.807, 2.05) is 42.5 Å². The van der Waals surface area contributed by atoms with Crippen LogP contribution in [0.2, 0.25) is 0 Å². The SMILES string of the molecule is COCCN(Cc1ccccn1)C(=O)C1CSc2ccccc2O1. The minimum absolute atomic E-state index is 0.0280. The van der Waals surface area contributed by atoms with Crippen LogP contribution in [0.1, 0.15) is 5.69 Å². The Labute approximate surface area is 146 Å². The second-order valence-electron chi connectivity index (χ2n) is 5.44. The molecule has 3 rings (SSSR count). The molecule has 2 heterocycles. The normalized spacial score (nSPS) is 16.1. The summed E-state index contributed by atoms with van der Waals surface area (Å²) < 4.78 is 11.1. The van der Waals surface area contributed by atoms with E-state index >= 15 is 0 Å². The number of aromatic nitrogens is 1. The highest BCUT2D eigenvalue weighted by molar-refractivity contribution is 7.99. The maximum Gasteiger partial charge on any atom is 0.264 e. The monoisotopic (exact) mass is 344 g/mol. The topological polar surface area (TPSA) is 51.7 Å². The number of para-hydroxylation sites is 1. The van der Waals surface area contributed by atoms with Gasteiger partial charge in [0.1, 0.15) is 5.75 Å². The molecule has 1 unspecified atom stereocenters. The van der Waals surface area contributed by atoms with Crippen LogP contribution in [0.3, 0.4) is 0 Å². The number of hydrogen-bond donors (Lipinski definition) is 0. The number of carbonyl (C=O) groups is 1. The van der Waals surface area contributed by atoms with E-state index in [9.17, 15) is 4.79 Å². The highest BCUT2D eigenvalue weighted by Gasteiger charge is 2.30. The molecule has 0 saturated carbocycles. The molecule has 1 aliphatic rings. The van der Waals surface area contributed by atoms with E-state index in [0.717, 1.165) is 16.3 Å². The molecule has 0 saturated heterocycles. The third-order valence-corrected chi connectivity index (χ3v) is 4.86. The summed E-state index contributed by atoms with van der Waals surface area (Å²) in [6, 6.07) is 13.5. The average Bonchev–Trinajstić information content (AvgIpc) is 2.65. The van der Waals surface area contributed by atoms with Crippen LogP contribution in [0.5, 0.6) is 5.75 Å². The second kappa shape index (κ2) is 8.17. The van der Waals surface area contributed by atoms with Crippen LogP contribution in [0.25, 0.3) is 0 Å². The Bertz CT molecular complexity index is 681. The van der Waals surface area contributed by atoms with E-state index in [0.29, 0.717) is 25.4 Å². The van der Waals surface area contributed by atoms with Crippen molar-refractivity contribution in [3.05, 3.63) is 54.4 Å². The highest BCUT2D eigenvalue weighted by atomic mass is 32.2. The summed E-state index contributed by atoms with van der Waals surface area (Å²) in [5.74, 6) is 1.36. The summed E-state index contributed by atoms with van der Waals surface area (Å²) in [5.41, 5.74) is 0.853. The third-order valence-electron chi connectivity index (χ3n) is 3.74. The second-order valence-corrected chi connectivity index (χ2v) is 6.50. The number of fused-ring (bicyclic) bond motifs is 1. The summed E-state index contributed by atoms with van der Waals surface area (Å²) >= 11 is 1.65. The number of nitrogens with zero attached hydrogens (tertiary/aromatic N) is 2. The minimum Gasteiger partial charge on any atom is -0.479 e. The molecule has 0 N–H and O–H groups in total. The van der Waals surface area contributed by atoms with E-state index in [-0.39, 0.29) is 5.91 Å². The summed E-state index contributed by atoms with van der Waals surface area (Å²) in [6.45, 7) is 1.45. The maximum atomic E-state index is 12.9. The zero-order valence-corrected chi connectivity index (χ0v) is 14.4. The van der Waals surface area contributed by atoms with Crippen LogP contribution in [0, 0.1) is 0 Å². The van der Waals surface area contributed by atoms with Crippen molar-refractivity contribution in [3.63, 3.8) is 0 Å². The molecule has 0 spiro atoms. The molecule has 2 aromatic rings. The fourth-order valence-electron chi connectivity index (χ4n) is 2.50. The Hall–Kier alpha value is -2.05. The van der Waals surface area contributed by atoms with Gasteiger partial charge in [0.05, 0.1) is 18.8 Å². The minimum atomic E-state index is -0.481. The summed E-state index contributed by atoms with van der Waals surface area (Å²) in [4.78, 5) is 20.1. The smallest absolute Gasteiger partial charge is 0.264 e. The summed E-state index contributed by atoms with van der Waals surface area (Å²) in [6.07, 6.45) is 1.25. The molecule has 0 bridgehead atoms. The lowest BCUT2D eigenvalue weighted by atomic mass is 10.2. The van der Waals surface area contributed by atoms with Crippen molar-refractivity contribution < 1.29 is 14.3 Å². The predicted octanol–water partition coefficient (Wildman–Crippen LogP) is 2.61. The zero-order valence-electron chi connectivity index (χ0n) is 13.6. The highest BCUT2D eigenvalue weighted by Crippen LogP contribution is 2.35. The number of methoxy groups -OCH3 is 1. The predicted molar refractivity (Wildman–Crippen MR) is 93.1 cm³/mol. The first-order valence-corrected chi connectivity index (χ1v) is 8.82. The quantitative estimate of drug-likeness (QED) is 0.806. The van der Waals surface area contributed by atoms with Gasteiger partial charge in [-0.25, -0.2) is 0 Å². The number of pyridine rings is 1. The Morgan fingerprint density at radius 1 is 1.33 bits per heavy atom. The molecule has 0 aliphatic carbocycles. The lowest BCUT2D eigenvalue weighted by Gasteiger charge is -2.30. The van der Waals surface area contributed by atoms with Crippen molar-refractivity contribution in [1.29, 1.82) is 0 Å². The third kappa shape index (κ3) is 4.07. The molecule has 24 heavy (non-hydrogen) atoms. The first kappa shape index (κ1) is 16.8. The molecule has 1 atom stereocenters. The van der Waals surface area contributed by atoms with Gasteiger partial charge in [-0.2, -0.15) is 0 Å². The fraction of sp³-hybridized carbons (Fsp3) is 0.333. The fourth-order valence-corrected chi connectivity index (χ4v) is 3.48. The van der Waals surface area contributed by atoms with Crippen LogP contribution < -0.4 is 4.74 Å². The molecular formula is C18H20N2O3S. The van der Waals surface area contributed by atoms with Crippen LogP contribution in [-0.2, 0) is 16.1 Å². The van der Waals surface area contributed by atoms with Gasteiger partial charge in [-0.1, -0.05) is 18.2 Å². The van der Waals surface area contributed by atoms with Gasteiger partial charge in [-0.15, -0.1) is 11.8 Å². The molecule has 0 fully saturated rings. The van der Waals surface area contributed by atoms with E-state index in [2.05, 4.69) is 4.98 Å². The van der Waals surface area contributed by atoms with Crippen molar-refractivity contribution in [2.75, 3.05) is 26.0 Å². The molecule has 126 valence electrons. The van der Waals surface area contributed by atoms with E-state index in [4.69, 9.17) is 9.47 Å². The summed E-state index contributed by atoms with van der Waals surface area (Å²) in [7, 11) is 1.63. The number of carbonyl (C=O) groups excluding carboxylic acids is 1. The Balaban J connectivity index is 1.71. The Morgan fingerprint density at radius 3 is 2.96 bits per heavy atom. The van der Waals surface area contributed by atoms with E-state index in [1.165, 1.54) is 0 Å². The number of hydrogen-bond acceptors (Lipinski definition) is 5. The Kier molecular flexibility index (Phi) is 5.72. The van der Waals surface area contributed by atoms with Gasteiger partial charge in [0.25, 0.3) is 5.91 Å². The van der Waals surface area contributed by atoms with Gasteiger partial charge in [0, 0.05) is 30.5 Å². The number of ether oxygens (including phenoxy) is 2. The standard InChI is InChI=1S/C18H20N2O3S/c1-22-11-10-20(12-14-6-4-5-9-19-14)18(21)16-13-24-17-8-3-2-7-15(17)23-16/h2-9,16H,10-13H2,1H3. The first-order chi connectivity index (χ1) is 11.8. The van der Waals surface area contributed by atoms with Crippen LogP contribution in [0.15, 0.2) is 53.6 Å². The van der Waals surface area contributed by atoms with E-state index < -0.39 is 6.10 Å². The largest absolute Gasteiger partial charge is 0.479 e. The molecule has 6 heteroatoms. The molecule has 1 aliphatic heterocycles. The van der Waals surface area contributed by atoms with E-state index in [1.54, 1.807) is 30.0 Å². The van der Waals surface area contributed by atoms with Gasteiger partial charge in [0.15, 0.2) is 6.10 Å². The van der Waals surface area contributed by atoms with Crippen LogP contribution >= 0.6 is 11.8 Å². The van der Waals surface area contributed by atoms with Crippen molar-refractivity contribution >= 4 is 17.7 Å². The first-order valence-electron chi connectivity index (χ1n) is 7.84. The molecule has 1 aromatic carbocycles. The zero-order chi connectivity index (χ0) is 16.8. The number of amides is 1. The van der Waals surface area contributed by atoms with Gasteiger partial charge < -0.3 is 14.4 Å².